The van der Waals surface area contributed by atoms with Crippen molar-refractivity contribution >= 4 is 11.9 Å². The molecule has 202 valence electrons. The molecule has 0 aromatic rings. The summed E-state index contributed by atoms with van der Waals surface area (Å²) in [5, 5.41) is 43.5. The van der Waals surface area contributed by atoms with Crippen molar-refractivity contribution in [1.29, 1.82) is 0 Å². The van der Waals surface area contributed by atoms with Gasteiger partial charge in [-0.1, -0.05) is 39.8 Å². The first-order valence-electron chi connectivity index (χ1n) is 14.1. The Hall–Kier alpha value is -1.40. The smallest absolute Gasteiger partial charge is 0.309 e. The molecule has 0 aliphatic heterocycles. The molecule has 6 nitrogen and oxygen atoms in total. The molecule has 5 fully saturated rings. The summed E-state index contributed by atoms with van der Waals surface area (Å²) in [4.78, 5) is 25.5. The minimum absolute atomic E-state index is 0.00417. The normalized spacial score (nSPS) is 53.0. The second-order valence-corrected chi connectivity index (χ2v) is 14.5. The fourth-order valence-corrected chi connectivity index (χ4v) is 11.9. The summed E-state index contributed by atoms with van der Waals surface area (Å²) >= 11 is 0. The number of aliphatic hydroxyl groups excluding tert-OH is 2. The predicted molar refractivity (Wildman–Crippen MR) is 136 cm³/mol. The summed E-state index contributed by atoms with van der Waals surface area (Å²) in [5.41, 5.74) is -1.56. The second kappa shape index (κ2) is 7.81. The lowest BCUT2D eigenvalue weighted by Crippen LogP contribution is -2.67. The van der Waals surface area contributed by atoms with Crippen molar-refractivity contribution in [2.24, 2.45) is 62.6 Å². The van der Waals surface area contributed by atoms with Crippen LogP contribution >= 0.6 is 0 Å². The number of carboxylic acids is 2. The molecular formula is C30H46O6. The number of aliphatic hydroxyl groups is 2. The highest BCUT2D eigenvalue weighted by Gasteiger charge is 2.76. The molecule has 0 bridgehead atoms. The van der Waals surface area contributed by atoms with E-state index in [-0.39, 0.29) is 41.6 Å². The zero-order valence-electron chi connectivity index (χ0n) is 22.7. The van der Waals surface area contributed by atoms with Crippen LogP contribution in [0.2, 0.25) is 0 Å². The Bertz CT molecular complexity index is 988. The van der Waals surface area contributed by atoms with E-state index < -0.39 is 45.6 Å². The van der Waals surface area contributed by atoms with Crippen molar-refractivity contribution in [2.45, 2.75) is 92.1 Å². The van der Waals surface area contributed by atoms with Crippen LogP contribution < -0.4 is 0 Å². The van der Waals surface area contributed by atoms with E-state index >= 15 is 0 Å². The molecule has 5 rings (SSSR count). The molecular weight excluding hydrogens is 456 g/mol. The molecule has 5 aliphatic rings. The van der Waals surface area contributed by atoms with Crippen molar-refractivity contribution < 1.29 is 30.0 Å². The van der Waals surface area contributed by atoms with Crippen molar-refractivity contribution in [3.63, 3.8) is 0 Å². The van der Waals surface area contributed by atoms with Gasteiger partial charge in [-0.15, -0.1) is 0 Å². The van der Waals surface area contributed by atoms with E-state index in [0.717, 1.165) is 37.7 Å². The molecule has 0 radical (unpaired) electrons. The largest absolute Gasteiger partial charge is 0.481 e. The topological polar surface area (TPSA) is 115 Å². The molecule has 0 spiro atoms. The minimum Gasteiger partial charge on any atom is -0.481 e. The summed E-state index contributed by atoms with van der Waals surface area (Å²) in [6.07, 6.45) is 5.14. The number of carboxylic acid groups (broad SMARTS) is 2. The summed E-state index contributed by atoms with van der Waals surface area (Å²) < 4.78 is 0. The Labute approximate surface area is 215 Å². The van der Waals surface area contributed by atoms with E-state index in [1.807, 2.05) is 20.8 Å². The lowest BCUT2D eigenvalue weighted by atomic mass is 9.33. The van der Waals surface area contributed by atoms with Crippen molar-refractivity contribution in [2.75, 3.05) is 6.61 Å². The van der Waals surface area contributed by atoms with Gasteiger partial charge in [-0.3, -0.25) is 9.59 Å². The van der Waals surface area contributed by atoms with E-state index in [1.165, 1.54) is 0 Å². The van der Waals surface area contributed by atoms with Crippen LogP contribution in [0.4, 0.5) is 0 Å². The van der Waals surface area contributed by atoms with Gasteiger partial charge in [0.15, 0.2) is 0 Å². The number of fused-ring (bicyclic) bond motifs is 7. The third kappa shape index (κ3) is 2.76. The molecule has 5 aliphatic carbocycles. The van der Waals surface area contributed by atoms with E-state index in [0.29, 0.717) is 19.3 Å². The monoisotopic (exact) mass is 502 g/mol. The summed E-state index contributed by atoms with van der Waals surface area (Å²) in [7, 11) is 0. The van der Waals surface area contributed by atoms with Crippen LogP contribution in [-0.4, -0.2) is 45.1 Å². The van der Waals surface area contributed by atoms with E-state index in [9.17, 15) is 30.0 Å². The lowest BCUT2D eigenvalue weighted by molar-refractivity contribution is -0.245. The third-order valence-electron chi connectivity index (χ3n) is 13.5. The number of carbonyl (C=O) groups is 2. The van der Waals surface area contributed by atoms with Crippen molar-refractivity contribution in [1.82, 2.24) is 0 Å². The Morgan fingerprint density at radius 2 is 1.58 bits per heavy atom. The van der Waals surface area contributed by atoms with Crippen LogP contribution in [-0.2, 0) is 9.59 Å². The lowest BCUT2D eigenvalue weighted by Gasteiger charge is -2.70. The zero-order valence-corrected chi connectivity index (χ0v) is 22.7. The number of rotatable bonds is 4. The standard InChI is InChI=1S/C30H46O6/c1-16(2)17-9-12-29(25(35)36)13-14-30(15-31)18(21(17)29)7-8-20-27(30,5)11-10-19-26(3,4)23(32)22(24(33)34)28(19,20)6/h17-23,31-32H,1,7-15H2,2-6H3,(H,33,34)(H,35,36)/t17-,18+,19-,20-,21+,22+,23-,27+,28-,29-,30-/m0/s1. The van der Waals surface area contributed by atoms with Crippen LogP contribution in [0.15, 0.2) is 12.2 Å². The first-order valence-corrected chi connectivity index (χ1v) is 14.1. The molecule has 0 unspecified atom stereocenters. The molecule has 0 aromatic carbocycles. The Balaban J connectivity index is 1.65. The quantitative estimate of drug-likeness (QED) is 0.403. The molecule has 4 N–H and O–H groups in total. The Morgan fingerprint density at radius 3 is 2.14 bits per heavy atom. The van der Waals surface area contributed by atoms with Crippen LogP contribution in [0, 0.1) is 62.6 Å². The van der Waals surface area contributed by atoms with E-state index in [2.05, 4.69) is 20.4 Å². The molecule has 0 saturated heterocycles. The number of allylic oxidation sites excluding steroid dienone is 1. The maximum absolute atomic E-state index is 12.8. The maximum atomic E-state index is 12.8. The van der Waals surface area contributed by atoms with Gasteiger partial charge in [0.2, 0.25) is 0 Å². The van der Waals surface area contributed by atoms with Gasteiger partial charge in [-0.25, -0.2) is 0 Å². The highest BCUT2D eigenvalue weighted by Crippen LogP contribution is 2.79. The van der Waals surface area contributed by atoms with Crippen LogP contribution in [0.5, 0.6) is 0 Å². The maximum Gasteiger partial charge on any atom is 0.309 e. The SMILES string of the molecule is C=C(C)[C@@H]1CC[C@]2(C(=O)O)CC[C@]3(CO)[C@H](CC[C@@H]4[C@@]5(C)[C@@H](C(=O)O)[C@H](O)C(C)(C)[C@@H]5CC[C@]43C)[C@@H]12. The Morgan fingerprint density at radius 1 is 0.917 bits per heavy atom. The van der Waals surface area contributed by atoms with Crippen molar-refractivity contribution in [3.05, 3.63) is 12.2 Å². The highest BCUT2D eigenvalue weighted by atomic mass is 16.4. The molecule has 0 aromatic heterocycles. The highest BCUT2D eigenvalue weighted by molar-refractivity contribution is 5.76. The summed E-state index contributed by atoms with van der Waals surface area (Å²) in [6, 6.07) is 0. The van der Waals surface area contributed by atoms with Crippen LogP contribution in [0.1, 0.15) is 86.0 Å². The first kappa shape index (κ1) is 26.2. The molecule has 5 saturated carbocycles. The van der Waals surface area contributed by atoms with Gasteiger partial charge in [0, 0.05) is 12.0 Å². The van der Waals surface area contributed by atoms with Crippen molar-refractivity contribution in [3.8, 4) is 0 Å². The molecule has 11 atom stereocenters. The van der Waals surface area contributed by atoms with Gasteiger partial charge < -0.3 is 20.4 Å². The third-order valence-corrected chi connectivity index (χ3v) is 13.5. The fourth-order valence-electron chi connectivity index (χ4n) is 11.9. The second-order valence-electron chi connectivity index (χ2n) is 14.5. The number of hydrogen-bond acceptors (Lipinski definition) is 4. The summed E-state index contributed by atoms with van der Waals surface area (Å²) in [5.74, 6) is -2.16. The zero-order chi connectivity index (χ0) is 26.6. The summed E-state index contributed by atoms with van der Waals surface area (Å²) in [6.45, 7) is 14.7. The van der Waals surface area contributed by atoms with E-state index in [4.69, 9.17) is 0 Å². The van der Waals surface area contributed by atoms with Gasteiger partial charge in [0.1, 0.15) is 0 Å². The molecule has 36 heavy (non-hydrogen) atoms. The number of aliphatic carboxylic acids is 2. The van der Waals surface area contributed by atoms with Gasteiger partial charge in [-0.05, 0) is 104 Å². The Kier molecular flexibility index (Phi) is 5.69. The first-order chi connectivity index (χ1) is 16.7. The van der Waals surface area contributed by atoms with Gasteiger partial charge in [0.05, 0.1) is 17.4 Å². The van der Waals surface area contributed by atoms with Gasteiger partial charge in [0.25, 0.3) is 0 Å². The predicted octanol–water partition coefficient (Wildman–Crippen LogP) is 4.98. The molecule has 0 amide bonds. The van der Waals surface area contributed by atoms with Gasteiger partial charge >= 0.3 is 11.9 Å². The molecule has 0 heterocycles. The van der Waals surface area contributed by atoms with Crippen LogP contribution in [0.25, 0.3) is 0 Å². The average molecular weight is 503 g/mol. The van der Waals surface area contributed by atoms with Crippen LogP contribution in [0.3, 0.4) is 0 Å². The number of hydrogen-bond donors (Lipinski definition) is 4. The average Bonchev–Trinajstić information content (AvgIpc) is 3.26. The fraction of sp³-hybridized carbons (Fsp3) is 0.867. The van der Waals surface area contributed by atoms with Gasteiger partial charge in [-0.2, -0.15) is 0 Å². The van der Waals surface area contributed by atoms with E-state index in [1.54, 1.807) is 0 Å². The minimum atomic E-state index is -0.920. The molecule has 6 heteroatoms.